The Labute approximate surface area is 148 Å². The molecule has 1 aliphatic heterocycles. The number of likely N-dealkylation sites (tertiary alicyclic amines) is 1. The van der Waals surface area contributed by atoms with Crippen LogP contribution in [0.2, 0.25) is 0 Å². The van der Waals surface area contributed by atoms with Crippen molar-refractivity contribution >= 4 is 12.0 Å². The number of aromatic nitrogens is 1. The molecule has 3 heterocycles. The van der Waals surface area contributed by atoms with Crippen LogP contribution in [0.25, 0.3) is 6.08 Å². The van der Waals surface area contributed by atoms with Crippen molar-refractivity contribution in [3.63, 3.8) is 0 Å². The zero-order valence-electron chi connectivity index (χ0n) is 14.7. The molecule has 132 valence electrons. The number of furan rings is 1. The summed E-state index contributed by atoms with van der Waals surface area (Å²) in [4.78, 5) is 18.0. The first kappa shape index (κ1) is 17.3. The van der Waals surface area contributed by atoms with E-state index in [1.807, 2.05) is 12.3 Å². The van der Waals surface area contributed by atoms with Gasteiger partial charge in [0.05, 0.1) is 25.5 Å². The van der Waals surface area contributed by atoms with Gasteiger partial charge in [0.1, 0.15) is 11.9 Å². The number of allylic oxidation sites excluding steroid dienone is 1. The lowest BCUT2D eigenvalue weighted by Gasteiger charge is -2.38. The summed E-state index contributed by atoms with van der Waals surface area (Å²) in [6, 6.07) is 5.37. The molecule has 0 N–H and O–H groups in total. The molecular weight excluding hydrogens is 316 g/mol. The highest BCUT2D eigenvalue weighted by molar-refractivity contribution is 5.92. The zero-order chi connectivity index (χ0) is 17.6. The molecule has 0 aliphatic carbocycles. The molecule has 2 aromatic rings. The molecule has 1 amide bonds. The van der Waals surface area contributed by atoms with E-state index in [2.05, 4.69) is 31.0 Å². The van der Waals surface area contributed by atoms with Gasteiger partial charge in [-0.15, -0.1) is 0 Å². The molecule has 3 rings (SSSR count). The van der Waals surface area contributed by atoms with Crippen LogP contribution in [-0.2, 0) is 0 Å². The average molecular weight is 340 g/mol. The number of pyridine rings is 1. The number of nitrogens with zero attached hydrogens (tertiary/aromatic N) is 2. The number of rotatable bonds is 7. The molecule has 0 bridgehead atoms. The fourth-order valence-electron chi connectivity index (χ4n) is 2.62. The highest BCUT2D eigenvalue weighted by Crippen LogP contribution is 2.21. The van der Waals surface area contributed by atoms with Crippen molar-refractivity contribution < 1.29 is 13.9 Å². The maximum absolute atomic E-state index is 12.1. The minimum atomic E-state index is -0.0929. The normalized spacial score (nSPS) is 16.0. The molecular formula is C20H24N2O3. The average Bonchev–Trinajstić information content (AvgIpc) is 3.12. The van der Waals surface area contributed by atoms with Gasteiger partial charge in [0.2, 0.25) is 0 Å². The third-order valence-electron chi connectivity index (χ3n) is 4.45. The van der Waals surface area contributed by atoms with E-state index >= 15 is 0 Å². The fraction of sp³-hybridized carbons (Fsp3) is 0.400. The predicted octanol–water partition coefficient (Wildman–Crippen LogP) is 4.03. The van der Waals surface area contributed by atoms with Gasteiger partial charge in [0.25, 0.3) is 5.91 Å². The van der Waals surface area contributed by atoms with Gasteiger partial charge in [-0.25, -0.2) is 0 Å². The van der Waals surface area contributed by atoms with Crippen LogP contribution >= 0.6 is 0 Å². The van der Waals surface area contributed by atoms with Crippen molar-refractivity contribution in [2.24, 2.45) is 5.92 Å². The standard InChI is InChI=1S/C20H24N2O3/c1-3-15(2)6-4-7-16-10-17(12-21-11-16)25-18-13-22(14-18)20(23)19-8-5-9-24-19/h4-5,7-12,15,18H,3,6,13-14H2,1-2H3/b7-4+/t15-/m1/s1. The number of ether oxygens (including phenoxy) is 1. The molecule has 1 atom stereocenters. The molecule has 0 spiro atoms. The van der Waals surface area contributed by atoms with Crippen LogP contribution in [0.5, 0.6) is 5.75 Å². The number of carbonyl (C=O) groups is 1. The second-order valence-electron chi connectivity index (χ2n) is 6.53. The van der Waals surface area contributed by atoms with Gasteiger partial charge in [0, 0.05) is 6.20 Å². The molecule has 1 fully saturated rings. The van der Waals surface area contributed by atoms with Gasteiger partial charge in [-0.05, 0) is 36.1 Å². The SMILES string of the molecule is CC[C@@H](C)C/C=C/c1cncc(OC2CN(C(=O)c3ccco3)C2)c1. The van der Waals surface area contributed by atoms with E-state index in [0.29, 0.717) is 24.8 Å². The highest BCUT2D eigenvalue weighted by Gasteiger charge is 2.33. The Balaban J connectivity index is 1.49. The second-order valence-corrected chi connectivity index (χ2v) is 6.53. The minimum Gasteiger partial charge on any atom is -0.485 e. The smallest absolute Gasteiger partial charge is 0.289 e. The molecule has 1 saturated heterocycles. The van der Waals surface area contributed by atoms with E-state index < -0.39 is 0 Å². The summed E-state index contributed by atoms with van der Waals surface area (Å²) in [5.74, 6) is 1.70. The van der Waals surface area contributed by atoms with Crippen LogP contribution in [0.15, 0.2) is 47.3 Å². The molecule has 5 heteroatoms. The quantitative estimate of drug-likeness (QED) is 0.764. The molecule has 0 aromatic carbocycles. The van der Waals surface area contributed by atoms with Gasteiger partial charge in [-0.1, -0.05) is 32.4 Å². The van der Waals surface area contributed by atoms with Crippen LogP contribution in [-0.4, -0.2) is 35.0 Å². The first-order chi connectivity index (χ1) is 12.2. The zero-order valence-corrected chi connectivity index (χ0v) is 14.7. The van der Waals surface area contributed by atoms with Crippen molar-refractivity contribution in [2.75, 3.05) is 13.1 Å². The van der Waals surface area contributed by atoms with Gasteiger partial charge in [-0.3, -0.25) is 9.78 Å². The van der Waals surface area contributed by atoms with E-state index in [9.17, 15) is 4.79 Å². The second kappa shape index (κ2) is 8.01. The van der Waals surface area contributed by atoms with Gasteiger partial charge >= 0.3 is 0 Å². The lowest BCUT2D eigenvalue weighted by Crippen LogP contribution is -2.56. The summed E-state index contributed by atoms with van der Waals surface area (Å²) in [6.07, 6.45) is 11.6. The maximum atomic E-state index is 12.1. The monoisotopic (exact) mass is 340 g/mol. The van der Waals surface area contributed by atoms with Gasteiger partial charge in [-0.2, -0.15) is 0 Å². The Kier molecular flexibility index (Phi) is 5.53. The van der Waals surface area contributed by atoms with E-state index in [4.69, 9.17) is 9.15 Å². The molecule has 2 aromatic heterocycles. The Morgan fingerprint density at radius 3 is 3.04 bits per heavy atom. The lowest BCUT2D eigenvalue weighted by atomic mass is 10.0. The third kappa shape index (κ3) is 4.50. The van der Waals surface area contributed by atoms with Crippen molar-refractivity contribution in [2.45, 2.75) is 32.8 Å². The maximum Gasteiger partial charge on any atom is 0.289 e. The molecule has 0 radical (unpaired) electrons. The molecule has 0 unspecified atom stereocenters. The summed E-state index contributed by atoms with van der Waals surface area (Å²) < 4.78 is 11.1. The van der Waals surface area contributed by atoms with E-state index in [1.165, 1.54) is 12.7 Å². The fourth-order valence-corrected chi connectivity index (χ4v) is 2.62. The van der Waals surface area contributed by atoms with Crippen LogP contribution in [0.3, 0.4) is 0 Å². The van der Waals surface area contributed by atoms with Crippen molar-refractivity contribution in [1.29, 1.82) is 0 Å². The van der Waals surface area contributed by atoms with Gasteiger partial charge < -0.3 is 14.1 Å². The number of carbonyl (C=O) groups excluding carboxylic acids is 1. The van der Waals surface area contributed by atoms with Gasteiger partial charge in [0.15, 0.2) is 5.76 Å². The molecule has 1 aliphatic rings. The first-order valence-electron chi connectivity index (χ1n) is 8.76. The number of hydrogen-bond acceptors (Lipinski definition) is 4. The summed E-state index contributed by atoms with van der Waals surface area (Å²) in [7, 11) is 0. The highest BCUT2D eigenvalue weighted by atomic mass is 16.5. The van der Waals surface area contributed by atoms with Crippen LogP contribution < -0.4 is 4.74 Å². The summed E-state index contributed by atoms with van der Waals surface area (Å²) in [5, 5.41) is 0. The van der Waals surface area contributed by atoms with E-state index in [-0.39, 0.29) is 12.0 Å². The number of hydrogen-bond donors (Lipinski definition) is 0. The van der Waals surface area contributed by atoms with Crippen LogP contribution in [0.4, 0.5) is 0 Å². The lowest BCUT2D eigenvalue weighted by molar-refractivity contribution is 0.0154. The first-order valence-corrected chi connectivity index (χ1v) is 8.76. The molecule has 25 heavy (non-hydrogen) atoms. The summed E-state index contributed by atoms with van der Waals surface area (Å²) in [5.41, 5.74) is 1.03. The van der Waals surface area contributed by atoms with E-state index in [0.717, 1.165) is 17.7 Å². The Bertz CT molecular complexity index is 718. The third-order valence-corrected chi connectivity index (χ3v) is 4.45. The Morgan fingerprint density at radius 2 is 2.32 bits per heavy atom. The van der Waals surface area contributed by atoms with E-state index in [1.54, 1.807) is 23.2 Å². The number of amides is 1. The van der Waals surface area contributed by atoms with Crippen LogP contribution in [0.1, 0.15) is 42.8 Å². The summed E-state index contributed by atoms with van der Waals surface area (Å²) in [6.45, 7) is 5.57. The van der Waals surface area contributed by atoms with Crippen molar-refractivity contribution in [3.05, 3.63) is 54.3 Å². The minimum absolute atomic E-state index is 0.0000513. The Morgan fingerprint density at radius 1 is 1.48 bits per heavy atom. The predicted molar refractivity (Wildman–Crippen MR) is 96.4 cm³/mol. The van der Waals surface area contributed by atoms with Crippen molar-refractivity contribution in [1.82, 2.24) is 9.88 Å². The topological polar surface area (TPSA) is 55.6 Å². The largest absolute Gasteiger partial charge is 0.485 e. The Hall–Kier alpha value is -2.56. The van der Waals surface area contributed by atoms with Crippen molar-refractivity contribution in [3.8, 4) is 5.75 Å². The summed E-state index contributed by atoms with van der Waals surface area (Å²) >= 11 is 0. The van der Waals surface area contributed by atoms with Crippen LogP contribution in [0, 0.1) is 5.92 Å². The molecule has 5 nitrogen and oxygen atoms in total. The molecule has 0 saturated carbocycles.